The Morgan fingerprint density at radius 1 is 1.19 bits per heavy atom. The second kappa shape index (κ2) is 9.31. The van der Waals surface area contributed by atoms with Crippen molar-refractivity contribution in [3.8, 4) is 0 Å². The number of carbonyl (C=O) groups excluding carboxylic acids is 1. The van der Waals surface area contributed by atoms with Crippen LogP contribution in [0, 0.1) is 5.41 Å². The Morgan fingerprint density at radius 3 is 2.42 bits per heavy atom. The molecule has 3 N–H and O–H groups in total. The summed E-state index contributed by atoms with van der Waals surface area (Å²) in [5.41, 5.74) is 8.54. The maximum Gasteiger partial charge on any atom is 0.315 e. The van der Waals surface area contributed by atoms with Gasteiger partial charge >= 0.3 is 5.97 Å². The van der Waals surface area contributed by atoms with Gasteiger partial charge in [-0.25, -0.2) is 4.98 Å². The summed E-state index contributed by atoms with van der Waals surface area (Å²) in [6.07, 6.45) is 0.353. The summed E-state index contributed by atoms with van der Waals surface area (Å²) in [6.45, 7) is 5.72. The Hall–Kier alpha value is -3.19. The molecule has 0 fully saturated rings. The highest BCUT2D eigenvalue weighted by Gasteiger charge is 2.31. The van der Waals surface area contributed by atoms with Gasteiger partial charge < -0.3 is 15.0 Å². The summed E-state index contributed by atoms with van der Waals surface area (Å²) in [7, 11) is 1.71. The molecule has 0 aliphatic rings. The number of nitrogen functional groups attached to an aromatic ring is 1. The third-order valence-corrected chi connectivity index (χ3v) is 5.29. The number of hydrogen-bond donors (Lipinski definition) is 2. The first-order valence-electron chi connectivity index (χ1n) is 9.75. The predicted molar refractivity (Wildman–Crippen MR) is 124 cm³/mol. The van der Waals surface area contributed by atoms with Crippen LogP contribution in [0.1, 0.15) is 43.2 Å². The van der Waals surface area contributed by atoms with Crippen molar-refractivity contribution in [3.05, 3.63) is 75.2 Å². The maximum absolute atomic E-state index is 12.8. The zero-order valence-corrected chi connectivity index (χ0v) is 18.9. The Morgan fingerprint density at radius 2 is 1.84 bits per heavy atom. The molecular formula is C23H27ClN4O3. The number of halogens is 1. The van der Waals surface area contributed by atoms with Crippen molar-refractivity contribution >= 4 is 35.2 Å². The van der Waals surface area contributed by atoms with E-state index in [0.717, 1.165) is 11.1 Å². The number of nitrogens with one attached hydrogen (secondary N) is 1. The molecule has 31 heavy (non-hydrogen) atoms. The van der Waals surface area contributed by atoms with E-state index < -0.39 is 5.41 Å². The van der Waals surface area contributed by atoms with E-state index in [1.807, 2.05) is 44.2 Å². The molecule has 0 radical (unpaired) electrons. The highest BCUT2D eigenvalue weighted by Crippen LogP contribution is 2.27. The second-order valence-electron chi connectivity index (χ2n) is 7.76. The third kappa shape index (κ3) is 4.77. The largest absolute Gasteiger partial charge is 0.465 e. The normalized spacial score (nSPS) is 11.1. The molecule has 1 heterocycles. The zero-order chi connectivity index (χ0) is 22.1. The van der Waals surface area contributed by atoms with Gasteiger partial charge in [-0.15, -0.1) is 12.4 Å². The van der Waals surface area contributed by atoms with Gasteiger partial charge in [0.15, 0.2) is 0 Å². The van der Waals surface area contributed by atoms with Gasteiger partial charge in [-0.2, -0.15) is 0 Å². The Balaban J connectivity index is 0.00000341. The number of amidine groups is 1. The molecule has 8 heteroatoms. The van der Waals surface area contributed by atoms with Crippen molar-refractivity contribution in [3.63, 3.8) is 0 Å². The SMILES string of the molecule is CCOC(=O)C(C)(C)c1ccc2c(c1)nc(Cc1ccc(C(=N)N)cc1)c(=O)n2C.Cl. The number of rotatable bonds is 6. The smallest absolute Gasteiger partial charge is 0.315 e. The number of esters is 1. The van der Waals surface area contributed by atoms with Crippen molar-refractivity contribution in [1.29, 1.82) is 5.41 Å². The first-order valence-corrected chi connectivity index (χ1v) is 9.75. The van der Waals surface area contributed by atoms with Crippen LogP contribution in [0.3, 0.4) is 0 Å². The number of aromatic nitrogens is 2. The van der Waals surface area contributed by atoms with Gasteiger partial charge in [-0.1, -0.05) is 30.3 Å². The number of hydrogen-bond acceptors (Lipinski definition) is 5. The zero-order valence-electron chi connectivity index (χ0n) is 18.1. The minimum atomic E-state index is -0.830. The van der Waals surface area contributed by atoms with Gasteiger partial charge in [0.05, 0.1) is 23.1 Å². The number of carbonyl (C=O) groups is 1. The molecule has 3 rings (SSSR count). The molecule has 7 nitrogen and oxygen atoms in total. The average Bonchev–Trinajstić information content (AvgIpc) is 2.72. The van der Waals surface area contributed by atoms with E-state index in [2.05, 4.69) is 4.98 Å². The molecule has 0 saturated heterocycles. The summed E-state index contributed by atoms with van der Waals surface area (Å²) >= 11 is 0. The molecule has 2 aromatic carbocycles. The fourth-order valence-electron chi connectivity index (χ4n) is 3.32. The van der Waals surface area contributed by atoms with E-state index in [4.69, 9.17) is 15.9 Å². The lowest BCUT2D eigenvalue weighted by atomic mass is 9.84. The fourth-order valence-corrected chi connectivity index (χ4v) is 3.32. The highest BCUT2D eigenvalue weighted by molar-refractivity contribution is 5.94. The summed E-state index contributed by atoms with van der Waals surface area (Å²) in [6, 6.07) is 12.7. The van der Waals surface area contributed by atoms with Crippen LogP contribution in [0.15, 0.2) is 47.3 Å². The van der Waals surface area contributed by atoms with Gasteiger partial charge in [-0.3, -0.25) is 15.0 Å². The van der Waals surface area contributed by atoms with Crippen LogP contribution < -0.4 is 11.3 Å². The van der Waals surface area contributed by atoms with Crippen molar-refractivity contribution in [1.82, 2.24) is 9.55 Å². The predicted octanol–water partition coefficient (Wildman–Crippen LogP) is 3.07. The Kier molecular flexibility index (Phi) is 7.23. The van der Waals surface area contributed by atoms with Crippen LogP contribution >= 0.6 is 12.4 Å². The number of nitrogens with zero attached hydrogens (tertiary/aromatic N) is 2. The number of ether oxygens (including phenoxy) is 1. The van der Waals surface area contributed by atoms with Crippen LogP contribution in [-0.2, 0) is 28.4 Å². The highest BCUT2D eigenvalue weighted by atomic mass is 35.5. The van der Waals surface area contributed by atoms with Gasteiger partial charge in [0.25, 0.3) is 5.56 Å². The topological polar surface area (TPSA) is 111 Å². The van der Waals surface area contributed by atoms with Crippen LogP contribution in [0.5, 0.6) is 0 Å². The van der Waals surface area contributed by atoms with E-state index in [1.54, 1.807) is 30.7 Å². The lowest BCUT2D eigenvalue weighted by molar-refractivity contribution is -0.148. The molecule has 0 unspecified atom stereocenters. The first kappa shape index (κ1) is 24.1. The van der Waals surface area contributed by atoms with Gasteiger partial charge in [-0.05, 0) is 44.0 Å². The molecule has 3 aromatic rings. The first-order chi connectivity index (χ1) is 14.1. The molecular weight excluding hydrogens is 416 g/mol. The Bertz CT molecular complexity index is 1180. The van der Waals surface area contributed by atoms with E-state index in [9.17, 15) is 9.59 Å². The van der Waals surface area contributed by atoms with Crippen LogP contribution in [0.2, 0.25) is 0 Å². The van der Waals surface area contributed by atoms with Crippen molar-refractivity contribution in [2.24, 2.45) is 12.8 Å². The van der Waals surface area contributed by atoms with Crippen molar-refractivity contribution in [2.45, 2.75) is 32.6 Å². The summed E-state index contributed by atoms with van der Waals surface area (Å²) in [5, 5.41) is 7.49. The van der Waals surface area contributed by atoms with Gasteiger partial charge in [0, 0.05) is 19.0 Å². The molecule has 164 valence electrons. The minimum absolute atomic E-state index is 0. The molecule has 0 amide bonds. The molecule has 0 bridgehead atoms. The number of aryl methyl sites for hydroxylation is 1. The van der Waals surface area contributed by atoms with Crippen molar-refractivity contribution < 1.29 is 9.53 Å². The second-order valence-corrected chi connectivity index (χ2v) is 7.76. The number of fused-ring (bicyclic) bond motifs is 1. The minimum Gasteiger partial charge on any atom is -0.465 e. The van der Waals surface area contributed by atoms with Crippen LogP contribution in [0.25, 0.3) is 11.0 Å². The molecule has 0 saturated carbocycles. The number of nitrogens with two attached hydrogens (primary N) is 1. The molecule has 0 spiro atoms. The molecule has 1 aromatic heterocycles. The van der Waals surface area contributed by atoms with E-state index in [0.29, 0.717) is 35.3 Å². The van der Waals surface area contributed by atoms with Gasteiger partial charge in [0.1, 0.15) is 11.5 Å². The summed E-state index contributed by atoms with van der Waals surface area (Å²) < 4.78 is 6.78. The average molecular weight is 443 g/mol. The lowest BCUT2D eigenvalue weighted by Gasteiger charge is -2.23. The molecule has 0 atom stereocenters. The lowest BCUT2D eigenvalue weighted by Crippen LogP contribution is -2.31. The standard InChI is InChI=1S/C23H26N4O3.ClH/c1-5-30-22(29)23(2,3)16-10-11-19-17(13-16)26-18(21(28)27(19)4)12-14-6-8-15(9-7-14)20(24)25;/h6-11,13H,5,12H2,1-4H3,(H3,24,25);1H. The molecule has 0 aliphatic carbocycles. The maximum atomic E-state index is 12.8. The van der Waals surface area contributed by atoms with Gasteiger partial charge in [0.2, 0.25) is 0 Å². The molecule has 0 aliphatic heterocycles. The van der Waals surface area contributed by atoms with E-state index in [1.165, 1.54) is 0 Å². The summed E-state index contributed by atoms with van der Waals surface area (Å²) in [5.74, 6) is -0.307. The summed E-state index contributed by atoms with van der Waals surface area (Å²) in [4.78, 5) is 29.8. The van der Waals surface area contributed by atoms with E-state index in [-0.39, 0.29) is 29.8 Å². The van der Waals surface area contributed by atoms with Crippen LogP contribution in [0.4, 0.5) is 0 Å². The number of benzene rings is 2. The third-order valence-electron chi connectivity index (χ3n) is 5.29. The van der Waals surface area contributed by atoms with Crippen LogP contribution in [-0.4, -0.2) is 28.0 Å². The monoisotopic (exact) mass is 442 g/mol. The fraction of sp³-hybridized carbons (Fsp3) is 0.304. The quantitative estimate of drug-likeness (QED) is 0.346. The Labute approximate surface area is 187 Å². The van der Waals surface area contributed by atoms with E-state index >= 15 is 0 Å². The van der Waals surface area contributed by atoms with Crippen molar-refractivity contribution in [2.75, 3.05) is 6.61 Å².